The highest BCUT2D eigenvalue weighted by Crippen LogP contribution is 2.36. The third-order valence-corrected chi connectivity index (χ3v) is 5.00. The van der Waals surface area contributed by atoms with Crippen molar-refractivity contribution in [1.29, 1.82) is 0 Å². The SMILES string of the molecule is CC.COc1cc2c(N3CCNCC3)nc(N(C)C)nc2cc1OCc1ccccc1. The van der Waals surface area contributed by atoms with Crippen LogP contribution in [0, 0.1) is 0 Å². The Balaban J connectivity index is 0.00000132. The van der Waals surface area contributed by atoms with Crippen LogP contribution >= 0.6 is 0 Å². The maximum atomic E-state index is 6.09. The van der Waals surface area contributed by atoms with Crippen LogP contribution in [0.5, 0.6) is 11.5 Å². The number of nitrogens with one attached hydrogen (secondary N) is 1. The van der Waals surface area contributed by atoms with Crippen LogP contribution in [0.4, 0.5) is 11.8 Å². The van der Waals surface area contributed by atoms with Gasteiger partial charge in [0, 0.05) is 51.7 Å². The third-order valence-electron chi connectivity index (χ3n) is 5.00. The first-order chi connectivity index (χ1) is 15.2. The predicted octanol–water partition coefficient (Wildman–Crippen LogP) is 3.72. The van der Waals surface area contributed by atoms with E-state index in [2.05, 4.69) is 10.2 Å². The van der Waals surface area contributed by atoms with Crippen molar-refractivity contribution in [2.24, 2.45) is 0 Å². The molecule has 4 rings (SSSR count). The number of hydrogen-bond acceptors (Lipinski definition) is 7. The number of methoxy groups -OCH3 is 1. The van der Waals surface area contributed by atoms with E-state index in [0.29, 0.717) is 24.1 Å². The van der Waals surface area contributed by atoms with Crippen molar-refractivity contribution in [2.45, 2.75) is 20.5 Å². The lowest BCUT2D eigenvalue weighted by Crippen LogP contribution is -2.44. The minimum absolute atomic E-state index is 0.471. The molecule has 1 aromatic heterocycles. The number of aromatic nitrogens is 2. The number of nitrogens with zero attached hydrogens (tertiary/aromatic N) is 4. The summed E-state index contributed by atoms with van der Waals surface area (Å²) in [4.78, 5) is 13.8. The molecular formula is C24H33N5O2. The Labute approximate surface area is 185 Å². The molecule has 0 atom stereocenters. The number of benzene rings is 2. The minimum Gasteiger partial charge on any atom is -0.493 e. The molecule has 1 fully saturated rings. The molecule has 7 heteroatoms. The molecule has 0 bridgehead atoms. The molecule has 31 heavy (non-hydrogen) atoms. The van der Waals surface area contributed by atoms with Gasteiger partial charge in [0.1, 0.15) is 12.4 Å². The van der Waals surface area contributed by atoms with E-state index in [0.717, 1.165) is 48.5 Å². The lowest BCUT2D eigenvalue weighted by atomic mass is 10.2. The molecule has 0 aliphatic carbocycles. The van der Waals surface area contributed by atoms with Crippen LogP contribution in [-0.2, 0) is 6.61 Å². The molecule has 0 radical (unpaired) electrons. The molecule has 0 unspecified atom stereocenters. The van der Waals surface area contributed by atoms with Crippen molar-refractivity contribution in [3.05, 3.63) is 48.0 Å². The molecule has 1 N–H and O–H groups in total. The fourth-order valence-electron chi connectivity index (χ4n) is 3.43. The average molecular weight is 424 g/mol. The average Bonchev–Trinajstić information content (AvgIpc) is 2.83. The van der Waals surface area contributed by atoms with E-state index in [1.54, 1.807) is 7.11 Å². The normalized spacial score (nSPS) is 13.4. The molecule has 2 heterocycles. The summed E-state index contributed by atoms with van der Waals surface area (Å²) in [5.74, 6) is 2.99. The summed E-state index contributed by atoms with van der Waals surface area (Å²) in [6.45, 7) is 8.18. The van der Waals surface area contributed by atoms with Gasteiger partial charge in [0.25, 0.3) is 0 Å². The van der Waals surface area contributed by atoms with Crippen molar-refractivity contribution >= 4 is 22.7 Å². The Morgan fingerprint density at radius 3 is 2.35 bits per heavy atom. The molecule has 0 spiro atoms. The number of piperazine rings is 1. The van der Waals surface area contributed by atoms with Gasteiger partial charge in [-0.1, -0.05) is 44.2 Å². The maximum Gasteiger partial charge on any atom is 0.227 e. The van der Waals surface area contributed by atoms with E-state index in [9.17, 15) is 0 Å². The summed E-state index contributed by atoms with van der Waals surface area (Å²) >= 11 is 0. The zero-order valence-corrected chi connectivity index (χ0v) is 19.2. The number of rotatable bonds is 6. The van der Waals surface area contributed by atoms with Crippen LogP contribution in [0.1, 0.15) is 19.4 Å². The summed E-state index contributed by atoms with van der Waals surface area (Å²) in [5, 5.41) is 4.37. The summed E-state index contributed by atoms with van der Waals surface area (Å²) in [6, 6.07) is 14.0. The number of fused-ring (bicyclic) bond motifs is 1. The van der Waals surface area contributed by atoms with Crippen molar-refractivity contribution in [3.8, 4) is 11.5 Å². The van der Waals surface area contributed by atoms with Crippen molar-refractivity contribution in [3.63, 3.8) is 0 Å². The highest BCUT2D eigenvalue weighted by atomic mass is 16.5. The van der Waals surface area contributed by atoms with Crippen LogP contribution in [0.3, 0.4) is 0 Å². The second-order valence-electron chi connectivity index (χ2n) is 7.27. The summed E-state index contributed by atoms with van der Waals surface area (Å²) < 4.78 is 11.7. The van der Waals surface area contributed by atoms with Crippen LogP contribution < -0.4 is 24.6 Å². The topological polar surface area (TPSA) is 62.8 Å². The van der Waals surface area contributed by atoms with E-state index in [4.69, 9.17) is 19.4 Å². The van der Waals surface area contributed by atoms with Crippen LogP contribution in [0.2, 0.25) is 0 Å². The quantitative estimate of drug-likeness (QED) is 0.648. The molecule has 1 aliphatic heterocycles. The standard InChI is InChI=1S/C22H27N5O2.C2H6/c1-26(2)22-24-18-14-20(29-15-16-7-5-4-6-8-16)19(28-3)13-17(18)21(25-22)27-11-9-23-10-12-27;1-2/h4-8,13-14,23H,9-12,15H2,1-3H3;1-2H3. The number of anilines is 2. The molecule has 1 saturated heterocycles. The van der Waals surface area contributed by atoms with Crippen LogP contribution in [0.15, 0.2) is 42.5 Å². The number of hydrogen-bond donors (Lipinski definition) is 1. The number of ether oxygens (including phenoxy) is 2. The van der Waals surface area contributed by atoms with E-state index < -0.39 is 0 Å². The fraction of sp³-hybridized carbons (Fsp3) is 0.417. The Morgan fingerprint density at radius 2 is 1.71 bits per heavy atom. The van der Waals surface area contributed by atoms with Crippen LogP contribution in [0.25, 0.3) is 10.9 Å². The Morgan fingerprint density at radius 1 is 1.00 bits per heavy atom. The van der Waals surface area contributed by atoms with Gasteiger partial charge in [-0.3, -0.25) is 0 Å². The molecule has 166 valence electrons. The van der Waals surface area contributed by atoms with Gasteiger partial charge in [0.2, 0.25) is 5.95 Å². The smallest absolute Gasteiger partial charge is 0.227 e. The van der Waals surface area contributed by atoms with E-state index in [1.165, 1.54) is 0 Å². The van der Waals surface area contributed by atoms with Crippen molar-refractivity contribution in [2.75, 3.05) is 57.2 Å². The summed E-state index contributed by atoms with van der Waals surface area (Å²) in [5.41, 5.74) is 1.95. The van der Waals surface area contributed by atoms with Gasteiger partial charge in [-0.05, 0) is 11.6 Å². The molecular weight excluding hydrogens is 390 g/mol. The lowest BCUT2D eigenvalue weighted by Gasteiger charge is -2.30. The molecule has 2 aromatic carbocycles. The van der Waals surface area contributed by atoms with Gasteiger partial charge in [0.05, 0.1) is 12.6 Å². The maximum absolute atomic E-state index is 6.09. The first-order valence-corrected chi connectivity index (χ1v) is 10.8. The third kappa shape index (κ3) is 5.35. The zero-order valence-electron chi connectivity index (χ0n) is 19.2. The molecule has 0 saturated carbocycles. The molecule has 0 amide bonds. The van der Waals surface area contributed by atoms with E-state index in [-0.39, 0.29) is 0 Å². The largest absolute Gasteiger partial charge is 0.493 e. The monoisotopic (exact) mass is 423 g/mol. The second kappa shape index (κ2) is 10.8. The molecule has 1 aliphatic rings. The second-order valence-corrected chi connectivity index (χ2v) is 7.27. The van der Waals surface area contributed by atoms with Gasteiger partial charge in [-0.15, -0.1) is 0 Å². The lowest BCUT2D eigenvalue weighted by molar-refractivity contribution is 0.285. The van der Waals surface area contributed by atoms with Crippen molar-refractivity contribution in [1.82, 2.24) is 15.3 Å². The Bertz CT molecular complexity index is 973. The van der Waals surface area contributed by atoms with E-state index in [1.807, 2.05) is 75.3 Å². The first kappa shape index (κ1) is 22.6. The van der Waals surface area contributed by atoms with Gasteiger partial charge < -0.3 is 24.6 Å². The van der Waals surface area contributed by atoms with Gasteiger partial charge in [-0.25, -0.2) is 4.98 Å². The summed E-state index contributed by atoms with van der Waals surface area (Å²) in [6.07, 6.45) is 0. The zero-order chi connectivity index (χ0) is 22.2. The summed E-state index contributed by atoms with van der Waals surface area (Å²) in [7, 11) is 5.58. The highest BCUT2D eigenvalue weighted by Gasteiger charge is 2.20. The molecule has 3 aromatic rings. The van der Waals surface area contributed by atoms with Crippen molar-refractivity contribution < 1.29 is 9.47 Å². The van der Waals surface area contributed by atoms with Gasteiger partial charge in [-0.2, -0.15) is 4.98 Å². The minimum atomic E-state index is 0.471. The Kier molecular flexibility index (Phi) is 7.89. The highest BCUT2D eigenvalue weighted by molar-refractivity contribution is 5.93. The van der Waals surface area contributed by atoms with Crippen LogP contribution in [-0.4, -0.2) is 57.4 Å². The molecule has 7 nitrogen and oxygen atoms in total. The van der Waals surface area contributed by atoms with Gasteiger partial charge >= 0.3 is 0 Å². The Hall–Kier alpha value is -3.06. The fourth-order valence-corrected chi connectivity index (χ4v) is 3.43. The first-order valence-electron chi connectivity index (χ1n) is 10.8. The van der Waals surface area contributed by atoms with Gasteiger partial charge in [0.15, 0.2) is 11.5 Å². The van der Waals surface area contributed by atoms with E-state index >= 15 is 0 Å². The predicted molar refractivity (Wildman–Crippen MR) is 128 cm³/mol.